The molecule has 2 aromatic heterocycles. The number of nitrogens with one attached hydrogen (secondary N) is 5. The number of hydrogen-bond acceptors (Lipinski definition) is 5. The van der Waals surface area contributed by atoms with Gasteiger partial charge in [0.15, 0.2) is 5.82 Å². The molecule has 8 nitrogen and oxygen atoms in total. The number of aromatic nitrogens is 3. The third-order valence-electron chi connectivity index (χ3n) is 5.35. The molecular formula is C21H27N7O. The SMILES string of the molecule is CC(NC(=O)Nc1cc2[nH]nc(NCC3CCNCC3)c2cn1)c1ccccc1. The van der Waals surface area contributed by atoms with Gasteiger partial charge in [-0.2, -0.15) is 5.10 Å². The molecule has 0 bridgehead atoms. The molecular weight excluding hydrogens is 366 g/mol. The van der Waals surface area contributed by atoms with Gasteiger partial charge in [-0.05, 0) is 44.3 Å². The molecule has 0 saturated carbocycles. The summed E-state index contributed by atoms with van der Waals surface area (Å²) >= 11 is 0. The van der Waals surface area contributed by atoms with E-state index in [9.17, 15) is 4.79 Å². The maximum Gasteiger partial charge on any atom is 0.320 e. The fourth-order valence-corrected chi connectivity index (χ4v) is 3.62. The van der Waals surface area contributed by atoms with Gasteiger partial charge in [-0.1, -0.05) is 30.3 Å². The molecule has 1 aliphatic heterocycles. The van der Waals surface area contributed by atoms with Gasteiger partial charge >= 0.3 is 6.03 Å². The molecule has 1 saturated heterocycles. The van der Waals surface area contributed by atoms with Crippen molar-refractivity contribution in [1.82, 2.24) is 25.8 Å². The van der Waals surface area contributed by atoms with Crippen molar-refractivity contribution in [2.24, 2.45) is 5.92 Å². The van der Waals surface area contributed by atoms with Crippen molar-refractivity contribution < 1.29 is 4.79 Å². The molecule has 8 heteroatoms. The van der Waals surface area contributed by atoms with E-state index in [2.05, 4.69) is 36.4 Å². The van der Waals surface area contributed by atoms with Crippen LogP contribution in [-0.4, -0.2) is 40.8 Å². The summed E-state index contributed by atoms with van der Waals surface area (Å²) in [6, 6.07) is 11.2. The van der Waals surface area contributed by atoms with Gasteiger partial charge in [-0.15, -0.1) is 0 Å². The number of rotatable bonds is 6. The Hall–Kier alpha value is -3.13. The topological polar surface area (TPSA) is 107 Å². The van der Waals surface area contributed by atoms with Gasteiger partial charge < -0.3 is 16.0 Å². The number of hydrogen-bond donors (Lipinski definition) is 5. The van der Waals surface area contributed by atoms with Crippen molar-refractivity contribution in [2.75, 3.05) is 30.3 Å². The number of benzene rings is 1. The van der Waals surface area contributed by atoms with E-state index in [-0.39, 0.29) is 12.1 Å². The number of fused-ring (bicyclic) bond motifs is 1. The van der Waals surface area contributed by atoms with Crippen molar-refractivity contribution in [3.63, 3.8) is 0 Å². The largest absolute Gasteiger partial charge is 0.368 e. The van der Waals surface area contributed by atoms with Crippen molar-refractivity contribution in [3.05, 3.63) is 48.2 Å². The van der Waals surface area contributed by atoms with Gasteiger partial charge in [-0.25, -0.2) is 9.78 Å². The standard InChI is InChI=1S/C21H27N7O/c1-14(16-5-3-2-4-6-16)25-21(29)26-19-11-18-17(13-23-19)20(28-27-18)24-12-15-7-9-22-10-8-15/h2-6,11,13-15,22H,7-10,12H2,1H3,(H2,24,27,28)(H2,23,25,26,29). The van der Waals surface area contributed by atoms with E-state index in [1.54, 1.807) is 12.3 Å². The minimum Gasteiger partial charge on any atom is -0.368 e. The van der Waals surface area contributed by atoms with Crippen LogP contribution in [0.4, 0.5) is 16.4 Å². The van der Waals surface area contributed by atoms with Crippen molar-refractivity contribution >= 4 is 28.6 Å². The summed E-state index contributed by atoms with van der Waals surface area (Å²) in [6.45, 7) is 5.01. The number of urea groups is 1. The highest BCUT2D eigenvalue weighted by Crippen LogP contribution is 2.23. The van der Waals surface area contributed by atoms with Gasteiger partial charge in [0.05, 0.1) is 16.9 Å². The van der Waals surface area contributed by atoms with Crippen LogP contribution in [0, 0.1) is 5.92 Å². The van der Waals surface area contributed by atoms with Crippen LogP contribution in [0.2, 0.25) is 0 Å². The molecule has 4 rings (SSSR count). The smallest absolute Gasteiger partial charge is 0.320 e. The Morgan fingerprint density at radius 1 is 1.24 bits per heavy atom. The molecule has 1 unspecified atom stereocenters. The first-order valence-electron chi connectivity index (χ1n) is 10.1. The van der Waals surface area contributed by atoms with Crippen LogP contribution in [0.1, 0.15) is 31.4 Å². The first kappa shape index (κ1) is 19.2. The second-order valence-corrected chi connectivity index (χ2v) is 7.49. The van der Waals surface area contributed by atoms with E-state index >= 15 is 0 Å². The summed E-state index contributed by atoms with van der Waals surface area (Å²) in [7, 11) is 0. The van der Waals surface area contributed by atoms with Crippen LogP contribution in [0.5, 0.6) is 0 Å². The third-order valence-corrected chi connectivity index (χ3v) is 5.35. The number of H-pyrrole nitrogens is 1. The molecule has 0 aliphatic carbocycles. The summed E-state index contributed by atoms with van der Waals surface area (Å²) in [5.41, 5.74) is 1.88. The Morgan fingerprint density at radius 2 is 2.03 bits per heavy atom. The molecule has 1 aliphatic rings. The van der Waals surface area contributed by atoms with Crippen LogP contribution in [0.3, 0.4) is 0 Å². The molecule has 0 radical (unpaired) electrons. The molecule has 2 amide bonds. The molecule has 29 heavy (non-hydrogen) atoms. The fraction of sp³-hybridized carbons (Fsp3) is 0.381. The molecule has 1 atom stereocenters. The predicted molar refractivity (Wildman–Crippen MR) is 115 cm³/mol. The Bertz CT molecular complexity index is 950. The number of aromatic amines is 1. The highest BCUT2D eigenvalue weighted by atomic mass is 16.2. The maximum atomic E-state index is 12.3. The number of carbonyl (C=O) groups excluding carboxylic acids is 1. The van der Waals surface area contributed by atoms with E-state index in [0.717, 1.165) is 41.9 Å². The lowest BCUT2D eigenvalue weighted by Crippen LogP contribution is -2.31. The Labute approximate surface area is 169 Å². The Balaban J connectivity index is 1.35. The summed E-state index contributed by atoms with van der Waals surface area (Å²) in [4.78, 5) is 16.7. The second-order valence-electron chi connectivity index (χ2n) is 7.49. The Morgan fingerprint density at radius 3 is 2.83 bits per heavy atom. The minimum atomic E-state index is -0.294. The molecule has 5 N–H and O–H groups in total. The normalized spacial score (nSPS) is 15.8. The molecule has 3 heterocycles. The van der Waals surface area contributed by atoms with Crippen molar-refractivity contribution in [1.29, 1.82) is 0 Å². The summed E-state index contributed by atoms with van der Waals surface area (Å²) in [5, 5.41) is 20.8. The summed E-state index contributed by atoms with van der Waals surface area (Å²) in [5.74, 6) is 1.94. The molecule has 1 aromatic carbocycles. The quantitative estimate of drug-likeness (QED) is 0.442. The zero-order chi connectivity index (χ0) is 20.1. The van der Waals surface area contributed by atoms with Crippen LogP contribution in [0.15, 0.2) is 42.6 Å². The average Bonchev–Trinajstić information content (AvgIpc) is 3.15. The van der Waals surface area contributed by atoms with E-state index in [1.807, 2.05) is 37.3 Å². The zero-order valence-electron chi connectivity index (χ0n) is 16.5. The summed E-state index contributed by atoms with van der Waals surface area (Å²) < 4.78 is 0. The van der Waals surface area contributed by atoms with Gasteiger partial charge in [0.25, 0.3) is 0 Å². The van der Waals surface area contributed by atoms with E-state index in [1.165, 1.54) is 12.8 Å². The monoisotopic (exact) mass is 393 g/mol. The number of nitrogens with zero attached hydrogens (tertiary/aromatic N) is 2. The van der Waals surface area contributed by atoms with Crippen molar-refractivity contribution in [3.8, 4) is 0 Å². The van der Waals surface area contributed by atoms with E-state index in [0.29, 0.717) is 11.7 Å². The fourth-order valence-electron chi connectivity index (χ4n) is 3.62. The molecule has 0 spiro atoms. The second kappa shape index (κ2) is 8.91. The first-order chi connectivity index (χ1) is 14.2. The van der Waals surface area contributed by atoms with Gasteiger partial charge in [0.2, 0.25) is 0 Å². The number of piperidine rings is 1. The van der Waals surface area contributed by atoms with Crippen LogP contribution in [-0.2, 0) is 0 Å². The lowest BCUT2D eigenvalue weighted by molar-refractivity contribution is 0.249. The zero-order valence-corrected chi connectivity index (χ0v) is 16.5. The highest BCUT2D eigenvalue weighted by Gasteiger charge is 2.15. The highest BCUT2D eigenvalue weighted by molar-refractivity contribution is 5.94. The summed E-state index contributed by atoms with van der Waals surface area (Å²) in [6.07, 6.45) is 4.09. The number of carbonyl (C=O) groups is 1. The third kappa shape index (κ3) is 4.83. The average molecular weight is 393 g/mol. The molecule has 152 valence electrons. The maximum absolute atomic E-state index is 12.3. The molecule has 1 fully saturated rings. The van der Waals surface area contributed by atoms with Crippen LogP contribution in [0.25, 0.3) is 10.9 Å². The van der Waals surface area contributed by atoms with E-state index < -0.39 is 0 Å². The number of anilines is 2. The van der Waals surface area contributed by atoms with Gasteiger partial charge in [0.1, 0.15) is 5.82 Å². The first-order valence-corrected chi connectivity index (χ1v) is 10.1. The van der Waals surface area contributed by atoms with Gasteiger partial charge in [0, 0.05) is 18.8 Å². The minimum absolute atomic E-state index is 0.0992. The lowest BCUT2D eigenvalue weighted by atomic mass is 9.98. The molecule has 3 aromatic rings. The Kier molecular flexibility index (Phi) is 5.90. The van der Waals surface area contributed by atoms with Gasteiger partial charge in [-0.3, -0.25) is 10.4 Å². The van der Waals surface area contributed by atoms with E-state index in [4.69, 9.17) is 0 Å². The predicted octanol–water partition coefficient (Wildman–Crippen LogP) is 3.25. The lowest BCUT2D eigenvalue weighted by Gasteiger charge is -2.22. The number of pyridine rings is 1. The van der Waals surface area contributed by atoms with Crippen molar-refractivity contribution in [2.45, 2.75) is 25.8 Å². The van der Waals surface area contributed by atoms with Crippen LogP contribution < -0.4 is 21.3 Å². The van der Waals surface area contributed by atoms with Crippen LogP contribution >= 0.6 is 0 Å². The number of amides is 2.